The van der Waals surface area contributed by atoms with Gasteiger partial charge in [0.2, 0.25) is 0 Å². The van der Waals surface area contributed by atoms with Crippen molar-refractivity contribution in [2.75, 3.05) is 58.5 Å². The number of carbonyl (C=O) groups excluding carboxylic acids is 2. The standard InChI is InChI=1S/C33H42BN3O6/c1-35(22-24-10-4-5-14-29(24)34(40)41)18-19-36(2)30-16-15-28-31-26(30)12-8-13-27(31)32(38)37(33(28)39)17-6-3-7-21-43-25-11-9-20-42-23-25/h4-5,8,10,12-16,25,40-41H,3,6-7,9,11,17-23H2,1-2H3. The van der Waals surface area contributed by atoms with Crippen LogP contribution in [0.2, 0.25) is 0 Å². The van der Waals surface area contributed by atoms with E-state index < -0.39 is 7.12 Å². The van der Waals surface area contributed by atoms with E-state index >= 15 is 0 Å². The van der Waals surface area contributed by atoms with Gasteiger partial charge in [-0.2, -0.15) is 0 Å². The van der Waals surface area contributed by atoms with Gasteiger partial charge in [-0.15, -0.1) is 0 Å². The highest BCUT2D eigenvalue weighted by molar-refractivity contribution is 6.59. The number of likely N-dealkylation sites (N-methyl/N-ethyl adjacent to an activating group) is 2. The van der Waals surface area contributed by atoms with Crippen LogP contribution in [0, 0.1) is 0 Å². The molecule has 2 aliphatic rings. The van der Waals surface area contributed by atoms with Crippen molar-refractivity contribution in [1.82, 2.24) is 9.80 Å². The van der Waals surface area contributed by atoms with Crippen LogP contribution in [0.25, 0.3) is 10.8 Å². The zero-order valence-corrected chi connectivity index (χ0v) is 25.2. The molecule has 2 heterocycles. The molecular formula is C33H42BN3O6. The largest absolute Gasteiger partial charge is 0.488 e. The van der Waals surface area contributed by atoms with Gasteiger partial charge in [0.1, 0.15) is 0 Å². The van der Waals surface area contributed by atoms with Crippen LogP contribution in [0.4, 0.5) is 5.69 Å². The Morgan fingerprint density at radius 3 is 2.51 bits per heavy atom. The Bertz CT molecular complexity index is 1400. The summed E-state index contributed by atoms with van der Waals surface area (Å²) in [7, 11) is 2.50. The first-order valence-electron chi connectivity index (χ1n) is 15.3. The molecule has 3 aromatic carbocycles. The lowest BCUT2D eigenvalue weighted by atomic mass is 9.77. The molecule has 0 spiro atoms. The van der Waals surface area contributed by atoms with E-state index in [1.54, 1.807) is 12.1 Å². The Morgan fingerprint density at radius 2 is 1.74 bits per heavy atom. The zero-order valence-electron chi connectivity index (χ0n) is 25.2. The molecule has 5 rings (SSSR count). The summed E-state index contributed by atoms with van der Waals surface area (Å²) in [5, 5.41) is 21.0. The average Bonchev–Trinajstić information content (AvgIpc) is 3.02. The molecule has 0 radical (unpaired) electrons. The van der Waals surface area contributed by atoms with E-state index in [2.05, 4.69) is 9.80 Å². The highest BCUT2D eigenvalue weighted by Gasteiger charge is 2.33. The van der Waals surface area contributed by atoms with Crippen LogP contribution in [0.1, 0.15) is 58.4 Å². The van der Waals surface area contributed by atoms with Crippen LogP contribution in [0.3, 0.4) is 0 Å². The number of rotatable bonds is 14. The van der Waals surface area contributed by atoms with Crippen molar-refractivity contribution < 1.29 is 29.1 Å². The van der Waals surface area contributed by atoms with Gasteiger partial charge in [0.15, 0.2) is 0 Å². The normalized spacial score (nSPS) is 16.8. The minimum atomic E-state index is -1.51. The Labute approximate surface area is 254 Å². The molecule has 9 nitrogen and oxygen atoms in total. The summed E-state index contributed by atoms with van der Waals surface area (Å²) >= 11 is 0. The maximum atomic E-state index is 13.5. The second-order valence-electron chi connectivity index (χ2n) is 11.6. The first-order valence-corrected chi connectivity index (χ1v) is 15.3. The molecule has 0 aromatic heterocycles. The van der Waals surface area contributed by atoms with Gasteiger partial charge >= 0.3 is 7.12 Å². The maximum absolute atomic E-state index is 13.5. The van der Waals surface area contributed by atoms with E-state index in [0.29, 0.717) is 49.4 Å². The molecule has 228 valence electrons. The SMILES string of the molecule is CN(CCN(C)c1ccc2c3c(cccc13)C(=O)N(CCCCCOC1CCCOC1)C2=O)Cc1ccccc1B(O)O. The molecule has 1 unspecified atom stereocenters. The smallest absolute Gasteiger partial charge is 0.423 e. The number of nitrogens with zero attached hydrogens (tertiary/aromatic N) is 3. The third-order valence-electron chi connectivity index (χ3n) is 8.47. The van der Waals surface area contributed by atoms with E-state index in [0.717, 1.165) is 67.3 Å². The van der Waals surface area contributed by atoms with Crippen LogP contribution in [-0.2, 0) is 16.0 Å². The number of ether oxygens (including phenoxy) is 2. The van der Waals surface area contributed by atoms with E-state index in [-0.39, 0.29) is 17.9 Å². The number of hydrogen-bond acceptors (Lipinski definition) is 8. The molecule has 0 saturated carbocycles. The summed E-state index contributed by atoms with van der Waals surface area (Å²) in [6.07, 6.45) is 4.78. The first-order chi connectivity index (χ1) is 20.8. The molecule has 2 amide bonds. The van der Waals surface area contributed by atoms with Crippen LogP contribution in [0.5, 0.6) is 0 Å². The second kappa shape index (κ2) is 14.5. The third kappa shape index (κ3) is 7.28. The van der Waals surface area contributed by atoms with Crippen molar-refractivity contribution >= 4 is 40.9 Å². The number of carbonyl (C=O) groups is 2. The van der Waals surface area contributed by atoms with Crippen LogP contribution < -0.4 is 10.4 Å². The van der Waals surface area contributed by atoms with Gasteiger partial charge in [-0.1, -0.05) is 36.4 Å². The van der Waals surface area contributed by atoms with Crippen molar-refractivity contribution in [1.29, 1.82) is 0 Å². The quantitative estimate of drug-likeness (QED) is 0.169. The molecule has 0 aliphatic carbocycles. The fraction of sp³-hybridized carbons (Fsp3) is 0.455. The van der Waals surface area contributed by atoms with Crippen LogP contribution >= 0.6 is 0 Å². The van der Waals surface area contributed by atoms with Gasteiger partial charge in [-0.25, -0.2) is 0 Å². The summed E-state index contributed by atoms with van der Waals surface area (Å²) < 4.78 is 11.4. The monoisotopic (exact) mass is 587 g/mol. The minimum Gasteiger partial charge on any atom is -0.423 e. The first kappa shape index (κ1) is 31.2. The molecule has 2 N–H and O–H groups in total. The molecule has 1 atom stereocenters. The van der Waals surface area contributed by atoms with E-state index in [9.17, 15) is 19.6 Å². The highest BCUT2D eigenvalue weighted by Crippen LogP contribution is 2.35. The predicted molar refractivity (Wildman–Crippen MR) is 169 cm³/mol. The van der Waals surface area contributed by atoms with Gasteiger partial charge in [0.25, 0.3) is 11.8 Å². The van der Waals surface area contributed by atoms with Crippen molar-refractivity contribution in [3.8, 4) is 0 Å². The molecule has 3 aromatic rings. The number of imide groups is 1. The lowest BCUT2D eigenvalue weighted by molar-refractivity contribution is -0.0507. The van der Waals surface area contributed by atoms with Crippen molar-refractivity contribution in [2.24, 2.45) is 0 Å². The Morgan fingerprint density at radius 1 is 0.953 bits per heavy atom. The minimum absolute atomic E-state index is 0.185. The van der Waals surface area contributed by atoms with Gasteiger partial charge in [0.05, 0.1) is 12.7 Å². The number of benzene rings is 3. The van der Waals surface area contributed by atoms with Crippen LogP contribution in [0.15, 0.2) is 54.6 Å². The molecule has 1 fully saturated rings. The molecule has 10 heteroatoms. The van der Waals surface area contributed by atoms with E-state index in [1.807, 2.05) is 56.6 Å². The van der Waals surface area contributed by atoms with Gasteiger partial charge in [-0.3, -0.25) is 14.5 Å². The summed E-state index contributed by atoms with van der Waals surface area (Å²) in [4.78, 5) is 32.7. The molecule has 1 saturated heterocycles. The second-order valence-corrected chi connectivity index (χ2v) is 11.6. The number of amides is 2. The summed E-state index contributed by atoms with van der Waals surface area (Å²) in [6.45, 7) is 4.55. The molecule has 2 aliphatic heterocycles. The zero-order chi connectivity index (χ0) is 30.3. The molecule has 43 heavy (non-hydrogen) atoms. The van der Waals surface area contributed by atoms with Crippen molar-refractivity contribution in [3.63, 3.8) is 0 Å². The fourth-order valence-corrected chi connectivity index (χ4v) is 6.05. The van der Waals surface area contributed by atoms with Gasteiger partial charge < -0.3 is 29.3 Å². The van der Waals surface area contributed by atoms with Crippen molar-refractivity contribution in [3.05, 3.63) is 71.3 Å². The number of unbranched alkanes of at least 4 members (excludes halogenated alkanes) is 2. The summed E-state index contributed by atoms with van der Waals surface area (Å²) in [6, 6.07) is 16.8. The third-order valence-corrected chi connectivity index (χ3v) is 8.47. The van der Waals surface area contributed by atoms with Gasteiger partial charge in [0, 0.05) is 74.0 Å². The van der Waals surface area contributed by atoms with Crippen LogP contribution in [-0.4, -0.2) is 98.4 Å². The highest BCUT2D eigenvalue weighted by atomic mass is 16.5. The lowest BCUT2D eigenvalue weighted by Gasteiger charge is -2.30. The van der Waals surface area contributed by atoms with Crippen molar-refractivity contribution in [2.45, 2.75) is 44.8 Å². The van der Waals surface area contributed by atoms with E-state index in [1.165, 1.54) is 4.90 Å². The topological polar surface area (TPSA) is 103 Å². The molecular weight excluding hydrogens is 545 g/mol. The Hall–Kier alpha value is -3.28. The average molecular weight is 588 g/mol. The Kier molecular flexibility index (Phi) is 10.5. The molecule has 0 bridgehead atoms. The Balaban J connectivity index is 1.19. The fourth-order valence-electron chi connectivity index (χ4n) is 6.05. The lowest BCUT2D eigenvalue weighted by Crippen LogP contribution is -2.41. The van der Waals surface area contributed by atoms with E-state index in [4.69, 9.17) is 9.47 Å². The summed E-state index contributed by atoms with van der Waals surface area (Å²) in [5.74, 6) is -0.467. The predicted octanol–water partition coefficient (Wildman–Crippen LogP) is 3.05. The maximum Gasteiger partial charge on any atom is 0.488 e. The number of hydrogen-bond donors (Lipinski definition) is 2. The number of anilines is 1. The summed E-state index contributed by atoms with van der Waals surface area (Å²) in [5.41, 5.74) is 3.47. The van der Waals surface area contributed by atoms with Gasteiger partial charge in [-0.05, 0) is 68.4 Å².